The molecule has 2 heterocycles. The van der Waals surface area contributed by atoms with Crippen LogP contribution in [0, 0.1) is 5.82 Å². The summed E-state index contributed by atoms with van der Waals surface area (Å²) < 4.78 is 22.7. The molecule has 4 aromatic rings. The minimum Gasteiger partial charge on any atom is -0.494 e. The number of rotatable bonds is 8. The molecule has 1 aliphatic heterocycles. The standard InChI is InChI=1S/C23H24N6O3.C8H7FO/c1-25-17-6-3-15(4-7-17)16-5-10-21(26-14-16)28-22(24)27-19-9-8-18(13-20(19)31-2)29-11-12-32-23(29)30;9-8-3-1-7(2-4-8)5-6-10/h3-10,13-14,25H,11-12H2,1-2H3,(H3,24,26,27,28);1-4,6H,5H2. The maximum atomic E-state index is 12.2. The number of carbonyl (C=O) groups excluding carboxylic acids is 2. The van der Waals surface area contributed by atoms with Crippen molar-refractivity contribution in [1.82, 2.24) is 4.98 Å². The smallest absolute Gasteiger partial charge is 0.414 e. The number of methoxy groups -OCH3 is 1. The summed E-state index contributed by atoms with van der Waals surface area (Å²) in [6, 6.07) is 23.0. The van der Waals surface area contributed by atoms with E-state index < -0.39 is 0 Å². The lowest BCUT2D eigenvalue weighted by Gasteiger charge is -2.16. The number of benzene rings is 3. The third kappa shape index (κ3) is 7.81. The van der Waals surface area contributed by atoms with E-state index in [4.69, 9.17) is 15.2 Å². The number of nitrogens with zero attached hydrogens (tertiary/aromatic N) is 3. The van der Waals surface area contributed by atoms with Crippen molar-refractivity contribution in [3.63, 3.8) is 0 Å². The molecule has 5 rings (SSSR count). The minimum absolute atomic E-state index is 0.162. The first-order valence-corrected chi connectivity index (χ1v) is 13.1. The van der Waals surface area contributed by atoms with Crippen LogP contribution in [0.2, 0.25) is 0 Å². The number of hydrogen-bond donors (Lipinski definition) is 3. The van der Waals surface area contributed by atoms with Crippen molar-refractivity contribution in [1.29, 1.82) is 0 Å². The molecule has 0 radical (unpaired) electrons. The van der Waals surface area contributed by atoms with Crippen LogP contribution in [-0.4, -0.2) is 50.6 Å². The average molecular weight is 571 g/mol. The average Bonchev–Trinajstić information content (AvgIpc) is 3.45. The summed E-state index contributed by atoms with van der Waals surface area (Å²) in [6.07, 6.45) is 2.54. The Morgan fingerprint density at radius 1 is 1.10 bits per heavy atom. The summed E-state index contributed by atoms with van der Waals surface area (Å²) in [5, 5.41) is 6.12. The van der Waals surface area contributed by atoms with Crippen molar-refractivity contribution < 1.29 is 23.5 Å². The van der Waals surface area contributed by atoms with E-state index in [1.54, 1.807) is 54.6 Å². The number of pyridine rings is 1. The van der Waals surface area contributed by atoms with Crippen LogP contribution in [0.25, 0.3) is 11.1 Å². The third-order valence-electron chi connectivity index (χ3n) is 6.24. The summed E-state index contributed by atoms with van der Waals surface area (Å²) in [6.45, 7) is 0.869. The van der Waals surface area contributed by atoms with Gasteiger partial charge in [-0.1, -0.05) is 24.3 Å². The molecule has 0 bridgehead atoms. The minimum atomic E-state index is -0.374. The van der Waals surface area contributed by atoms with Gasteiger partial charge in [0.1, 0.15) is 24.5 Å². The zero-order chi connectivity index (χ0) is 29.9. The lowest BCUT2D eigenvalue weighted by molar-refractivity contribution is -0.107. The maximum Gasteiger partial charge on any atom is 0.414 e. The highest BCUT2D eigenvalue weighted by molar-refractivity contribution is 5.96. The molecule has 0 spiro atoms. The molecular weight excluding hydrogens is 539 g/mol. The third-order valence-corrected chi connectivity index (χ3v) is 6.24. The van der Waals surface area contributed by atoms with Crippen molar-refractivity contribution >= 4 is 41.2 Å². The number of nitrogens with two attached hydrogens (primary N) is 1. The molecule has 42 heavy (non-hydrogen) atoms. The topological polar surface area (TPSA) is 131 Å². The second-order valence-corrected chi connectivity index (χ2v) is 9.00. The molecule has 10 nitrogen and oxygen atoms in total. The van der Waals surface area contributed by atoms with Crippen LogP contribution in [0.4, 0.5) is 32.1 Å². The number of anilines is 3. The number of amides is 1. The van der Waals surface area contributed by atoms with Crippen LogP contribution in [0.15, 0.2) is 90.1 Å². The number of ether oxygens (including phenoxy) is 2. The Bertz CT molecular complexity index is 1530. The monoisotopic (exact) mass is 570 g/mol. The Kier molecular flexibility index (Phi) is 10.0. The molecule has 1 fully saturated rings. The Hall–Kier alpha value is -5.45. The fraction of sp³-hybridized carbons (Fsp3) is 0.161. The number of halogens is 1. The van der Waals surface area contributed by atoms with Gasteiger partial charge in [-0.2, -0.15) is 4.99 Å². The molecule has 11 heteroatoms. The molecule has 0 unspecified atom stereocenters. The van der Waals surface area contributed by atoms with Crippen LogP contribution in [0.5, 0.6) is 5.75 Å². The van der Waals surface area contributed by atoms with Gasteiger partial charge in [-0.05, 0) is 59.7 Å². The zero-order valence-corrected chi connectivity index (χ0v) is 23.2. The summed E-state index contributed by atoms with van der Waals surface area (Å²) in [5.74, 6) is 0.888. The zero-order valence-electron chi connectivity index (χ0n) is 23.2. The van der Waals surface area contributed by atoms with Crippen molar-refractivity contribution in [3.05, 3.63) is 96.4 Å². The van der Waals surface area contributed by atoms with Gasteiger partial charge in [0.05, 0.1) is 25.0 Å². The molecule has 0 saturated carbocycles. The summed E-state index contributed by atoms with van der Waals surface area (Å²) in [5.41, 5.74) is 11.3. The van der Waals surface area contributed by atoms with Gasteiger partial charge in [0, 0.05) is 37.0 Å². The van der Waals surface area contributed by atoms with Gasteiger partial charge in [0.2, 0.25) is 0 Å². The van der Waals surface area contributed by atoms with Gasteiger partial charge in [0.15, 0.2) is 11.8 Å². The lowest BCUT2D eigenvalue weighted by Crippen LogP contribution is -2.24. The summed E-state index contributed by atoms with van der Waals surface area (Å²) in [7, 11) is 3.43. The van der Waals surface area contributed by atoms with E-state index in [1.165, 1.54) is 12.1 Å². The first kappa shape index (κ1) is 29.5. The van der Waals surface area contributed by atoms with Crippen LogP contribution in [-0.2, 0) is 16.0 Å². The van der Waals surface area contributed by atoms with Gasteiger partial charge >= 0.3 is 6.09 Å². The first-order chi connectivity index (χ1) is 20.4. The van der Waals surface area contributed by atoms with Gasteiger partial charge in [-0.3, -0.25) is 4.90 Å². The molecule has 0 aliphatic carbocycles. The summed E-state index contributed by atoms with van der Waals surface area (Å²) >= 11 is 0. The molecule has 216 valence electrons. The van der Waals surface area contributed by atoms with E-state index in [0.717, 1.165) is 28.7 Å². The van der Waals surface area contributed by atoms with Crippen LogP contribution >= 0.6 is 0 Å². The second kappa shape index (κ2) is 14.3. The molecule has 1 aromatic heterocycles. The molecular formula is C31H31FN6O4. The van der Waals surface area contributed by atoms with Crippen LogP contribution < -0.4 is 26.0 Å². The van der Waals surface area contributed by atoms with E-state index in [-0.39, 0.29) is 17.9 Å². The molecule has 1 saturated heterocycles. The van der Waals surface area contributed by atoms with E-state index in [9.17, 15) is 14.0 Å². The number of guanidine groups is 1. The number of hydrogen-bond acceptors (Lipinski definition) is 7. The van der Waals surface area contributed by atoms with Crippen molar-refractivity contribution in [2.75, 3.05) is 42.8 Å². The van der Waals surface area contributed by atoms with Crippen LogP contribution in [0.3, 0.4) is 0 Å². The SMILES string of the molecule is CNc1ccc(-c2ccc(N=C(N)Nc3ccc(N4CCOC4=O)cc3OC)nc2)cc1.O=CCc1ccc(F)cc1. The number of aromatic nitrogens is 1. The quantitative estimate of drug-likeness (QED) is 0.146. The molecule has 3 aromatic carbocycles. The number of aliphatic imine (C=N–C) groups is 1. The Labute approximate surface area is 243 Å². The van der Waals surface area contributed by atoms with Gasteiger partial charge in [-0.15, -0.1) is 0 Å². The van der Waals surface area contributed by atoms with E-state index in [0.29, 0.717) is 42.5 Å². The van der Waals surface area contributed by atoms with Crippen LogP contribution in [0.1, 0.15) is 5.56 Å². The predicted molar refractivity (Wildman–Crippen MR) is 162 cm³/mol. The van der Waals surface area contributed by atoms with Crippen molar-refractivity contribution in [3.8, 4) is 16.9 Å². The van der Waals surface area contributed by atoms with Crippen molar-refractivity contribution in [2.24, 2.45) is 10.7 Å². The Balaban J connectivity index is 0.000000343. The highest BCUT2D eigenvalue weighted by Crippen LogP contribution is 2.31. The van der Waals surface area contributed by atoms with E-state index in [1.807, 2.05) is 37.4 Å². The van der Waals surface area contributed by atoms with E-state index >= 15 is 0 Å². The fourth-order valence-electron chi connectivity index (χ4n) is 4.04. The Morgan fingerprint density at radius 3 is 2.43 bits per heavy atom. The number of carbonyl (C=O) groups is 2. The number of cyclic esters (lactones) is 1. The molecule has 1 aliphatic rings. The number of nitrogens with one attached hydrogen (secondary N) is 2. The van der Waals surface area contributed by atoms with Gasteiger partial charge in [-0.25, -0.2) is 14.2 Å². The highest BCUT2D eigenvalue weighted by atomic mass is 19.1. The molecule has 1 amide bonds. The largest absolute Gasteiger partial charge is 0.494 e. The highest BCUT2D eigenvalue weighted by Gasteiger charge is 2.24. The van der Waals surface area contributed by atoms with Gasteiger partial charge in [0.25, 0.3) is 0 Å². The predicted octanol–water partition coefficient (Wildman–Crippen LogP) is 5.38. The molecule has 0 atom stereocenters. The lowest BCUT2D eigenvalue weighted by atomic mass is 10.1. The Morgan fingerprint density at radius 2 is 1.83 bits per heavy atom. The molecule has 4 N–H and O–H groups in total. The normalized spacial score (nSPS) is 12.6. The maximum absolute atomic E-state index is 12.2. The van der Waals surface area contributed by atoms with Gasteiger partial charge < -0.3 is 30.6 Å². The first-order valence-electron chi connectivity index (χ1n) is 13.1. The fourth-order valence-corrected chi connectivity index (χ4v) is 4.04. The number of aldehydes is 1. The van der Waals surface area contributed by atoms with Crippen molar-refractivity contribution in [2.45, 2.75) is 6.42 Å². The summed E-state index contributed by atoms with van der Waals surface area (Å²) in [4.78, 5) is 32.0. The van der Waals surface area contributed by atoms with E-state index in [2.05, 4.69) is 20.6 Å². The second-order valence-electron chi connectivity index (χ2n) is 9.00.